The maximum atomic E-state index is 12.5. The van der Waals surface area contributed by atoms with E-state index in [-0.39, 0.29) is 24.9 Å². The molecule has 0 spiro atoms. The van der Waals surface area contributed by atoms with Gasteiger partial charge < -0.3 is 15.8 Å². The number of carbonyl (C=O) groups excluding carboxylic acids is 1. The summed E-state index contributed by atoms with van der Waals surface area (Å²) in [4.78, 5) is 12.5. The van der Waals surface area contributed by atoms with Gasteiger partial charge in [0, 0.05) is 18.3 Å². The van der Waals surface area contributed by atoms with Gasteiger partial charge in [-0.05, 0) is 25.0 Å². The number of sulfonamides is 1. The van der Waals surface area contributed by atoms with E-state index in [2.05, 4.69) is 10.0 Å². The van der Waals surface area contributed by atoms with Crippen LogP contribution in [0.3, 0.4) is 0 Å². The summed E-state index contributed by atoms with van der Waals surface area (Å²) in [5.41, 5.74) is 5.98. The Balaban J connectivity index is 0.00000529. The summed E-state index contributed by atoms with van der Waals surface area (Å²) < 4.78 is 30.2. The fourth-order valence-corrected chi connectivity index (χ4v) is 2.84. The molecule has 0 saturated carbocycles. The van der Waals surface area contributed by atoms with E-state index < -0.39 is 15.4 Å². The maximum absolute atomic E-state index is 12.5. The van der Waals surface area contributed by atoms with Gasteiger partial charge in [-0.2, -0.15) is 0 Å². The zero-order chi connectivity index (χ0) is 17.7. The van der Waals surface area contributed by atoms with Crippen LogP contribution in [0.5, 0.6) is 5.75 Å². The van der Waals surface area contributed by atoms with E-state index >= 15 is 0 Å². The summed E-state index contributed by atoms with van der Waals surface area (Å²) >= 11 is 0. The highest BCUT2D eigenvalue weighted by molar-refractivity contribution is 7.92. The fourth-order valence-electron chi connectivity index (χ4n) is 2.27. The standard InChI is InChI=1S/C15H25N3O4S.ClH/c1-5-15(6-2,10-16)14(19)17-11-7-8-12(13(9-11)22-3)18-23(4,20)21;/h7-9,18H,5-6,10,16H2,1-4H3,(H,17,19);1H. The molecule has 4 N–H and O–H groups in total. The van der Waals surface area contributed by atoms with Crippen molar-refractivity contribution >= 4 is 39.7 Å². The molecule has 0 unspecified atom stereocenters. The number of nitrogens with two attached hydrogens (primary N) is 1. The van der Waals surface area contributed by atoms with E-state index in [0.29, 0.717) is 30.0 Å². The van der Waals surface area contributed by atoms with Gasteiger partial charge in [0.1, 0.15) is 5.75 Å². The summed E-state index contributed by atoms with van der Waals surface area (Å²) in [5.74, 6) is 0.162. The SMILES string of the molecule is CCC(CC)(CN)C(=O)Nc1ccc(NS(C)(=O)=O)c(OC)c1.Cl. The fraction of sp³-hybridized carbons (Fsp3) is 0.533. The molecule has 1 aromatic rings. The Hall–Kier alpha value is -1.51. The minimum Gasteiger partial charge on any atom is -0.494 e. The number of hydrogen-bond acceptors (Lipinski definition) is 5. The Labute approximate surface area is 149 Å². The average Bonchev–Trinajstić information content (AvgIpc) is 2.49. The van der Waals surface area contributed by atoms with Gasteiger partial charge >= 0.3 is 0 Å². The number of hydrogen-bond donors (Lipinski definition) is 3. The highest BCUT2D eigenvalue weighted by Gasteiger charge is 2.33. The Kier molecular flexibility index (Phi) is 8.53. The molecule has 0 heterocycles. The molecule has 0 aliphatic heterocycles. The van der Waals surface area contributed by atoms with Crippen molar-refractivity contribution in [1.29, 1.82) is 0 Å². The van der Waals surface area contributed by atoms with Crippen LogP contribution in [-0.4, -0.2) is 34.2 Å². The second kappa shape index (κ2) is 9.10. The lowest BCUT2D eigenvalue weighted by Crippen LogP contribution is -2.41. The van der Waals surface area contributed by atoms with E-state index in [0.717, 1.165) is 6.26 Å². The first-order valence-electron chi connectivity index (χ1n) is 7.38. The normalized spacial score (nSPS) is 11.4. The zero-order valence-corrected chi connectivity index (χ0v) is 16.0. The third-order valence-electron chi connectivity index (χ3n) is 3.98. The Morgan fingerprint density at radius 3 is 2.29 bits per heavy atom. The van der Waals surface area contributed by atoms with E-state index in [9.17, 15) is 13.2 Å². The number of amides is 1. The van der Waals surface area contributed by atoms with Gasteiger partial charge in [0.05, 0.1) is 24.5 Å². The predicted octanol–water partition coefficient (Wildman–Crippen LogP) is 2.19. The number of methoxy groups -OCH3 is 1. The Bertz CT molecular complexity index is 652. The highest BCUT2D eigenvalue weighted by Crippen LogP contribution is 2.31. The molecule has 1 rings (SSSR count). The molecule has 0 aromatic heterocycles. The molecule has 0 bridgehead atoms. The van der Waals surface area contributed by atoms with Crippen LogP contribution in [0.25, 0.3) is 0 Å². The van der Waals surface area contributed by atoms with Crippen molar-refractivity contribution in [2.75, 3.05) is 29.9 Å². The molecule has 0 aliphatic carbocycles. The lowest BCUT2D eigenvalue weighted by molar-refractivity contribution is -0.125. The van der Waals surface area contributed by atoms with Crippen LogP contribution in [0.2, 0.25) is 0 Å². The molecule has 0 saturated heterocycles. The first-order valence-corrected chi connectivity index (χ1v) is 9.27. The number of halogens is 1. The van der Waals surface area contributed by atoms with E-state index in [1.165, 1.54) is 13.2 Å². The van der Waals surface area contributed by atoms with Gasteiger partial charge in [-0.3, -0.25) is 9.52 Å². The Morgan fingerprint density at radius 1 is 1.29 bits per heavy atom. The molecule has 7 nitrogen and oxygen atoms in total. The molecule has 1 amide bonds. The van der Waals surface area contributed by atoms with E-state index in [4.69, 9.17) is 10.5 Å². The average molecular weight is 380 g/mol. The number of benzene rings is 1. The molecule has 1 aromatic carbocycles. The molecule has 0 aliphatic rings. The monoisotopic (exact) mass is 379 g/mol. The number of carbonyl (C=O) groups is 1. The molecule has 9 heteroatoms. The summed E-state index contributed by atoms with van der Waals surface area (Å²) in [7, 11) is -1.99. The van der Waals surface area contributed by atoms with Crippen LogP contribution in [0, 0.1) is 5.41 Å². The maximum Gasteiger partial charge on any atom is 0.231 e. The summed E-state index contributed by atoms with van der Waals surface area (Å²) in [6.45, 7) is 4.11. The van der Waals surface area contributed by atoms with Crippen LogP contribution in [0.4, 0.5) is 11.4 Å². The van der Waals surface area contributed by atoms with Crippen LogP contribution < -0.4 is 20.5 Å². The van der Waals surface area contributed by atoms with Crippen molar-refractivity contribution in [3.63, 3.8) is 0 Å². The van der Waals surface area contributed by atoms with Gasteiger partial charge in [-0.1, -0.05) is 13.8 Å². The van der Waals surface area contributed by atoms with E-state index in [1.807, 2.05) is 13.8 Å². The van der Waals surface area contributed by atoms with Gasteiger partial charge in [0.2, 0.25) is 15.9 Å². The van der Waals surface area contributed by atoms with Crippen LogP contribution in [0.15, 0.2) is 18.2 Å². The van der Waals surface area contributed by atoms with Gasteiger partial charge in [-0.25, -0.2) is 8.42 Å². The number of ether oxygens (including phenoxy) is 1. The van der Waals surface area contributed by atoms with Crippen molar-refractivity contribution in [3.05, 3.63) is 18.2 Å². The summed E-state index contributed by atoms with van der Waals surface area (Å²) in [6, 6.07) is 4.72. The molecule has 138 valence electrons. The van der Waals surface area contributed by atoms with Gasteiger partial charge in [-0.15, -0.1) is 12.4 Å². The molecule has 0 radical (unpaired) electrons. The van der Waals surface area contributed by atoms with Crippen LogP contribution in [-0.2, 0) is 14.8 Å². The van der Waals surface area contributed by atoms with Crippen molar-refractivity contribution in [3.8, 4) is 5.75 Å². The molecule has 24 heavy (non-hydrogen) atoms. The number of nitrogens with one attached hydrogen (secondary N) is 2. The first-order chi connectivity index (χ1) is 10.7. The smallest absolute Gasteiger partial charge is 0.231 e. The van der Waals surface area contributed by atoms with Gasteiger partial charge in [0.15, 0.2) is 0 Å². The molecule has 0 atom stereocenters. The first kappa shape index (κ1) is 22.5. The van der Waals surface area contributed by atoms with Crippen molar-refractivity contribution in [2.45, 2.75) is 26.7 Å². The Morgan fingerprint density at radius 2 is 1.88 bits per heavy atom. The molecular formula is C15H26ClN3O4S. The molecular weight excluding hydrogens is 354 g/mol. The van der Waals surface area contributed by atoms with E-state index in [1.54, 1.807) is 12.1 Å². The summed E-state index contributed by atoms with van der Waals surface area (Å²) in [5, 5.41) is 2.82. The second-order valence-electron chi connectivity index (χ2n) is 5.43. The minimum absolute atomic E-state index is 0. The lowest BCUT2D eigenvalue weighted by atomic mass is 9.81. The second-order valence-corrected chi connectivity index (χ2v) is 7.18. The lowest BCUT2D eigenvalue weighted by Gasteiger charge is -2.28. The number of rotatable bonds is 8. The van der Waals surface area contributed by atoms with Crippen molar-refractivity contribution in [1.82, 2.24) is 0 Å². The predicted molar refractivity (Wildman–Crippen MR) is 99.4 cm³/mol. The van der Waals surface area contributed by atoms with Crippen LogP contribution in [0.1, 0.15) is 26.7 Å². The largest absolute Gasteiger partial charge is 0.494 e. The summed E-state index contributed by atoms with van der Waals surface area (Å²) in [6.07, 6.45) is 2.33. The van der Waals surface area contributed by atoms with Gasteiger partial charge in [0.25, 0.3) is 0 Å². The van der Waals surface area contributed by atoms with Crippen LogP contribution >= 0.6 is 12.4 Å². The topological polar surface area (TPSA) is 111 Å². The van der Waals surface area contributed by atoms with Crippen molar-refractivity contribution < 1.29 is 17.9 Å². The highest BCUT2D eigenvalue weighted by atomic mass is 35.5. The molecule has 0 fully saturated rings. The zero-order valence-electron chi connectivity index (χ0n) is 14.4. The quantitative estimate of drug-likeness (QED) is 0.641. The number of anilines is 2. The minimum atomic E-state index is -3.41. The van der Waals surface area contributed by atoms with Crippen molar-refractivity contribution in [2.24, 2.45) is 11.1 Å². The third kappa shape index (κ3) is 5.54. The third-order valence-corrected chi connectivity index (χ3v) is 4.57.